The highest BCUT2D eigenvalue weighted by Crippen LogP contribution is 2.39. The van der Waals surface area contributed by atoms with Crippen molar-refractivity contribution in [3.05, 3.63) is 18.2 Å². The maximum absolute atomic E-state index is 10.1. The van der Waals surface area contributed by atoms with E-state index in [2.05, 4.69) is 0 Å². The van der Waals surface area contributed by atoms with Crippen molar-refractivity contribution in [2.45, 2.75) is 49.8 Å². The third kappa shape index (κ3) is 3.08. The van der Waals surface area contributed by atoms with Crippen molar-refractivity contribution < 1.29 is 10.2 Å². The standard InChI is InChI=1S/C17H24O2S/c18-15-8-9-16(19)17(11-15)20-10-4-7-14(12-20)13-5-2-1-3-6-13/h8-9,11,13-14H,1-7,10,12H2,(H-,18,19)/p+1. The smallest absolute Gasteiger partial charge is 0.200 e. The van der Waals surface area contributed by atoms with Gasteiger partial charge in [-0.05, 0) is 30.9 Å². The molecule has 1 aliphatic heterocycles. The Morgan fingerprint density at radius 2 is 1.65 bits per heavy atom. The molecule has 1 aromatic carbocycles. The van der Waals surface area contributed by atoms with Gasteiger partial charge in [0.15, 0.2) is 10.6 Å². The molecule has 1 saturated carbocycles. The zero-order valence-corrected chi connectivity index (χ0v) is 12.9. The minimum atomic E-state index is 0.128. The molecule has 0 radical (unpaired) electrons. The summed E-state index contributed by atoms with van der Waals surface area (Å²) in [5, 5.41) is 19.8. The SMILES string of the molecule is Oc1ccc(O)c([S+]2CCCC(C3CCCCC3)C2)c1. The predicted octanol–water partition coefficient (Wildman–Crippen LogP) is 4.07. The second-order valence-corrected chi connectivity index (χ2v) is 8.48. The summed E-state index contributed by atoms with van der Waals surface area (Å²) in [6.07, 6.45) is 9.70. The van der Waals surface area contributed by atoms with Crippen LogP contribution in [0.3, 0.4) is 0 Å². The molecule has 2 fully saturated rings. The molecule has 110 valence electrons. The summed E-state index contributed by atoms with van der Waals surface area (Å²) in [7, 11) is 0.128. The van der Waals surface area contributed by atoms with Crippen LogP contribution in [-0.2, 0) is 10.9 Å². The van der Waals surface area contributed by atoms with Crippen molar-refractivity contribution in [3.8, 4) is 11.5 Å². The highest BCUT2D eigenvalue weighted by atomic mass is 32.2. The number of benzene rings is 1. The molecule has 3 heteroatoms. The first-order chi connectivity index (χ1) is 9.74. The van der Waals surface area contributed by atoms with Crippen LogP contribution >= 0.6 is 0 Å². The summed E-state index contributed by atoms with van der Waals surface area (Å²) < 4.78 is 0. The molecule has 20 heavy (non-hydrogen) atoms. The third-order valence-electron chi connectivity index (χ3n) is 4.95. The molecule has 2 nitrogen and oxygen atoms in total. The Morgan fingerprint density at radius 1 is 0.900 bits per heavy atom. The lowest BCUT2D eigenvalue weighted by Crippen LogP contribution is -2.31. The topological polar surface area (TPSA) is 40.5 Å². The molecule has 2 unspecified atom stereocenters. The van der Waals surface area contributed by atoms with Crippen LogP contribution in [0.1, 0.15) is 44.9 Å². The van der Waals surface area contributed by atoms with Crippen LogP contribution in [0.25, 0.3) is 0 Å². The largest absolute Gasteiger partial charge is 0.508 e. The first-order valence-corrected chi connectivity index (χ1v) is 9.50. The summed E-state index contributed by atoms with van der Waals surface area (Å²) in [5.41, 5.74) is 0. The highest BCUT2D eigenvalue weighted by molar-refractivity contribution is 7.97. The van der Waals surface area contributed by atoms with Crippen LogP contribution in [0, 0.1) is 11.8 Å². The van der Waals surface area contributed by atoms with E-state index in [9.17, 15) is 10.2 Å². The van der Waals surface area contributed by atoms with Crippen LogP contribution in [0.15, 0.2) is 23.1 Å². The molecule has 0 amide bonds. The predicted molar refractivity (Wildman–Crippen MR) is 84.4 cm³/mol. The van der Waals surface area contributed by atoms with Gasteiger partial charge in [-0.1, -0.05) is 32.1 Å². The Morgan fingerprint density at radius 3 is 2.45 bits per heavy atom. The van der Waals surface area contributed by atoms with Gasteiger partial charge in [0.05, 0.1) is 0 Å². The van der Waals surface area contributed by atoms with Crippen LogP contribution < -0.4 is 0 Å². The number of phenolic OH excluding ortho intramolecular Hbond substituents is 2. The second kappa shape index (κ2) is 6.30. The average Bonchev–Trinajstić information content (AvgIpc) is 2.51. The van der Waals surface area contributed by atoms with Gasteiger partial charge in [-0.3, -0.25) is 0 Å². The molecule has 0 spiro atoms. The number of hydrogen-bond donors (Lipinski definition) is 2. The van der Waals surface area contributed by atoms with E-state index in [-0.39, 0.29) is 16.6 Å². The van der Waals surface area contributed by atoms with Gasteiger partial charge in [-0.2, -0.15) is 0 Å². The number of rotatable bonds is 2. The van der Waals surface area contributed by atoms with E-state index < -0.39 is 0 Å². The Labute approximate surface area is 124 Å². The third-order valence-corrected chi connectivity index (χ3v) is 7.51. The molecule has 1 heterocycles. The summed E-state index contributed by atoms with van der Waals surface area (Å²) in [6, 6.07) is 4.99. The van der Waals surface area contributed by atoms with Gasteiger partial charge in [0.2, 0.25) is 0 Å². The maximum Gasteiger partial charge on any atom is 0.200 e. The fourth-order valence-corrected chi connectivity index (χ4v) is 6.54. The van der Waals surface area contributed by atoms with E-state index in [0.717, 1.165) is 16.7 Å². The van der Waals surface area contributed by atoms with Crippen LogP contribution in [0.2, 0.25) is 0 Å². The summed E-state index contributed by atoms with van der Waals surface area (Å²) in [6.45, 7) is 0. The monoisotopic (exact) mass is 293 g/mol. The van der Waals surface area contributed by atoms with Crippen molar-refractivity contribution >= 4 is 10.9 Å². The van der Waals surface area contributed by atoms with Crippen molar-refractivity contribution in [3.63, 3.8) is 0 Å². The minimum absolute atomic E-state index is 0.128. The van der Waals surface area contributed by atoms with Crippen LogP contribution in [0.4, 0.5) is 0 Å². The van der Waals surface area contributed by atoms with Crippen molar-refractivity contribution in [1.29, 1.82) is 0 Å². The highest BCUT2D eigenvalue weighted by Gasteiger charge is 2.37. The molecule has 1 saturated heterocycles. The van der Waals surface area contributed by atoms with Crippen molar-refractivity contribution in [2.75, 3.05) is 11.5 Å². The normalized spacial score (nSPS) is 28.4. The van der Waals surface area contributed by atoms with Gasteiger partial charge in [0, 0.05) is 22.9 Å². The number of aromatic hydroxyl groups is 2. The zero-order chi connectivity index (χ0) is 13.9. The molecule has 1 aliphatic carbocycles. The minimum Gasteiger partial charge on any atom is -0.508 e. The maximum atomic E-state index is 10.1. The van der Waals surface area contributed by atoms with E-state index >= 15 is 0 Å². The van der Waals surface area contributed by atoms with E-state index in [1.165, 1.54) is 56.5 Å². The first-order valence-electron chi connectivity index (χ1n) is 7.93. The van der Waals surface area contributed by atoms with Crippen molar-refractivity contribution in [2.24, 2.45) is 11.8 Å². The average molecular weight is 293 g/mol. The fourth-order valence-electron chi connectivity index (χ4n) is 3.86. The van der Waals surface area contributed by atoms with E-state index in [1.807, 2.05) is 0 Å². The molecule has 2 atom stereocenters. The van der Waals surface area contributed by atoms with E-state index in [4.69, 9.17) is 0 Å². The van der Waals surface area contributed by atoms with E-state index in [1.54, 1.807) is 18.2 Å². The lowest BCUT2D eigenvalue weighted by molar-refractivity contribution is 0.251. The van der Waals surface area contributed by atoms with Gasteiger partial charge in [0.1, 0.15) is 17.3 Å². The molecule has 3 rings (SSSR count). The Bertz CT molecular complexity index is 454. The number of hydrogen-bond acceptors (Lipinski definition) is 2. The Kier molecular flexibility index (Phi) is 4.45. The molecule has 0 aromatic heterocycles. The van der Waals surface area contributed by atoms with Crippen LogP contribution in [-0.4, -0.2) is 21.7 Å². The fraction of sp³-hybridized carbons (Fsp3) is 0.647. The lowest BCUT2D eigenvalue weighted by Gasteiger charge is -2.32. The van der Waals surface area contributed by atoms with E-state index in [0.29, 0.717) is 5.75 Å². The van der Waals surface area contributed by atoms with Gasteiger partial charge in [-0.15, -0.1) is 0 Å². The molecular weight excluding hydrogens is 268 g/mol. The lowest BCUT2D eigenvalue weighted by atomic mass is 9.79. The van der Waals surface area contributed by atoms with Gasteiger partial charge in [0.25, 0.3) is 0 Å². The van der Waals surface area contributed by atoms with Crippen molar-refractivity contribution in [1.82, 2.24) is 0 Å². The molecule has 1 aromatic rings. The summed E-state index contributed by atoms with van der Waals surface area (Å²) in [4.78, 5) is 0.991. The molecule has 2 aliphatic rings. The Hall–Kier alpha value is -0.830. The quantitative estimate of drug-likeness (QED) is 0.637. The van der Waals surface area contributed by atoms with Gasteiger partial charge in [-0.25, -0.2) is 0 Å². The van der Waals surface area contributed by atoms with Gasteiger partial charge < -0.3 is 10.2 Å². The number of phenols is 2. The molecular formula is C17H25O2S+. The summed E-state index contributed by atoms with van der Waals surface area (Å²) >= 11 is 0. The second-order valence-electron chi connectivity index (χ2n) is 6.32. The Balaban J connectivity index is 1.72. The zero-order valence-electron chi connectivity index (χ0n) is 12.1. The summed E-state index contributed by atoms with van der Waals surface area (Å²) in [5.74, 6) is 4.82. The van der Waals surface area contributed by atoms with Crippen LogP contribution in [0.5, 0.6) is 11.5 Å². The van der Waals surface area contributed by atoms with Gasteiger partial charge >= 0.3 is 0 Å². The molecule has 2 N–H and O–H groups in total. The molecule has 0 bridgehead atoms. The first kappa shape index (κ1) is 14.1.